The highest BCUT2D eigenvalue weighted by molar-refractivity contribution is 5.84. The van der Waals surface area contributed by atoms with Crippen molar-refractivity contribution >= 4 is 10.9 Å². The molecule has 0 saturated heterocycles. The van der Waals surface area contributed by atoms with E-state index in [2.05, 4.69) is 52.5 Å². The number of para-hydroxylation sites is 1. The quantitative estimate of drug-likeness (QED) is 0.762. The first kappa shape index (κ1) is 14.3. The second-order valence-electron chi connectivity index (χ2n) is 5.96. The summed E-state index contributed by atoms with van der Waals surface area (Å²) in [4.78, 5) is 5.37. The van der Waals surface area contributed by atoms with E-state index in [9.17, 15) is 5.26 Å². The van der Waals surface area contributed by atoms with E-state index in [1.54, 1.807) is 0 Å². The van der Waals surface area contributed by atoms with Crippen LogP contribution in [0.4, 0.5) is 0 Å². The van der Waals surface area contributed by atoms with E-state index < -0.39 is 0 Å². The molecule has 1 unspecified atom stereocenters. The van der Waals surface area contributed by atoms with Gasteiger partial charge in [-0.2, -0.15) is 5.26 Å². The number of aromatic amines is 1. The van der Waals surface area contributed by atoms with E-state index in [1.807, 2.05) is 42.7 Å². The summed E-state index contributed by atoms with van der Waals surface area (Å²) in [5, 5.41) is 10.8. The Bertz CT molecular complexity index is 957. The Kier molecular flexibility index (Phi) is 3.64. The summed E-state index contributed by atoms with van der Waals surface area (Å²) in [6.07, 6.45) is 8.15. The van der Waals surface area contributed by atoms with Crippen LogP contribution in [0.25, 0.3) is 10.9 Å². The van der Waals surface area contributed by atoms with Gasteiger partial charge in [-0.15, -0.1) is 0 Å². The van der Waals surface area contributed by atoms with Gasteiger partial charge in [0.05, 0.1) is 11.6 Å². The Morgan fingerprint density at radius 2 is 1.83 bits per heavy atom. The van der Waals surface area contributed by atoms with Gasteiger partial charge in [-0.25, -0.2) is 0 Å². The molecule has 0 aliphatic carbocycles. The number of nitrogens with zero attached hydrogens (tertiary/aromatic N) is 2. The first-order valence-electron chi connectivity index (χ1n) is 8.01. The summed E-state index contributed by atoms with van der Waals surface area (Å²) in [5.41, 5.74) is 4.23. The van der Waals surface area contributed by atoms with Gasteiger partial charge in [0.25, 0.3) is 0 Å². The Labute approximate surface area is 141 Å². The minimum absolute atomic E-state index is 0.00169. The van der Waals surface area contributed by atoms with Gasteiger partial charge in [-0.3, -0.25) is 0 Å². The van der Waals surface area contributed by atoms with Crippen LogP contribution in [0.15, 0.2) is 84.8 Å². The van der Waals surface area contributed by atoms with Gasteiger partial charge in [0.15, 0.2) is 0 Å². The minimum atomic E-state index is -0.00169. The molecule has 0 bridgehead atoms. The van der Waals surface area contributed by atoms with Gasteiger partial charge in [0.1, 0.15) is 0 Å². The van der Waals surface area contributed by atoms with Crippen molar-refractivity contribution in [2.45, 2.75) is 12.5 Å². The van der Waals surface area contributed by atoms with Crippen molar-refractivity contribution in [3.05, 3.63) is 96.0 Å². The number of hydrogen-bond acceptors (Lipinski definition) is 2. The molecule has 0 radical (unpaired) electrons. The summed E-state index contributed by atoms with van der Waals surface area (Å²) in [5.74, 6) is -0.00169. The fourth-order valence-electron chi connectivity index (χ4n) is 3.22. The molecular weight excluding hydrogens is 294 g/mol. The molecule has 2 aromatic carbocycles. The zero-order valence-corrected chi connectivity index (χ0v) is 13.2. The molecule has 0 saturated carbocycles. The van der Waals surface area contributed by atoms with Crippen LogP contribution in [-0.2, 0) is 6.54 Å². The Morgan fingerprint density at radius 1 is 1.04 bits per heavy atom. The van der Waals surface area contributed by atoms with Crippen molar-refractivity contribution in [1.82, 2.24) is 9.88 Å². The maximum Gasteiger partial charge on any atom is 0.0972 e. The van der Waals surface area contributed by atoms with E-state index >= 15 is 0 Å². The molecule has 0 fully saturated rings. The van der Waals surface area contributed by atoms with Crippen LogP contribution < -0.4 is 0 Å². The Morgan fingerprint density at radius 3 is 2.67 bits per heavy atom. The highest BCUT2D eigenvalue weighted by Crippen LogP contribution is 2.34. The fraction of sp³-hybridized carbons (Fsp3) is 0.0952. The molecule has 1 N–H and O–H groups in total. The highest BCUT2D eigenvalue weighted by atomic mass is 15.1. The van der Waals surface area contributed by atoms with Crippen molar-refractivity contribution in [3.8, 4) is 6.07 Å². The molecule has 4 rings (SSSR count). The van der Waals surface area contributed by atoms with Crippen molar-refractivity contribution in [3.63, 3.8) is 0 Å². The maximum atomic E-state index is 9.63. The summed E-state index contributed by atoms with van der Waals surface area (Å²) >= 11 is 0. The molecule has 0 spiro atoms. The normalized spacial score (nSPS) is 16.9. The first-order valence-corrected chi connectivity index (χ1v) is 8.01. The summed E-state index contributed by atoms with van der Waals surface area (Å²) in [6.45, 7) is 0.767. The van der Waals surface area contributed by atoms with Gasteiger partial charge in [0.2, 0.25) is 0 Å². The molecule has 1 atom stereocenters. The van der Waals surface area contributed by atoms with Crippen LogP contribution in [0.3, 0.4) is 0 Å². The topological polar surface area (TPSA) is 42.8 Å². The van der Waals surface area contributed by atoms with E-state index in [4.69, 9.17) is 0 Å². The lowest BCUT2D eigenvalue weighted by molar-refractivity contribution is 0.485. The molecule has 3 heteroatoms. The summed E-state index contributed by atoms with van der Waals surface area (Å²) < 4.78 is 0. The van der Waals surface area contributed by atoms with Gasteiger partial charge in [-0.1, -0.05) is 54.6 Å². The lowest BCUT2D eigenvalue weighted by Gasteiger charge is -2.24. The first-order chi connectivity index (χ1) is 11.8. The Hall–Kier alpha value is -3.25. The van der Waals surface area contributed by atoms with E-state index in [-0.39, 0.29) is 5.92 Å². The molecule has 3 nitrogen and oxygen atoms in total. The Balaban J connectivity index is 1.64. The number of hydrogen-bond donors (Lipinski definition) is 1. The lowest BCUT2D eigenvalue weighted by atomic mass is 9.90. The van der Waals surface area contributed by atoms with E-state index in [0.29, 0.717) is 0 Å². The van der Waals surface area contributed by atoms with E-state index in [0.717, 1.165) is 23.2 Å². The van der Waals surface area contributed by atoms with Gasteiger partial charge < -0.3 is 9.88 Å². The summed E-state index contributed by atoms with van der Waals surface area (Å²) in [6, 6.07) is 20.9. The van der Waals surface area contributed by atoms with Crippen LogP contribution in [0.2, 0.25) is 0 Å². The van der Waals surface area contributed by atoms with Gasteiger partial charge >= 0.3 is 0 Å². The third-order valence-corrected chi connectivity index (χ3v) is 4.40. The van der Waals surface area contributed by atoms with Gasteiger partial charge in [0, 0.05) is 42.0 Å². The van der Waals surface area contributed by atoms with Gasteiger partial charge in [-0.05, 0) is 17.2 Å². The number of benzene rings is 2. The molecule has 1 aromatic heterocycles. The smallest absolute Gasteiger partial charge is 0.0972 e. The minimum Gasteiger partial charge on any atom is -0.361 e. The largest absolute Gasteiger partial charge is 0.361 e. The van der Waals surface area contributed by atoms with Crippen LogP contribution in [-0.4, -0.2) is 9.88 Å². The molecule has 0 amide bonds. The van der Waals surface area contributed by atoms with Crippen molar-refractivity contribution in [1.29, 1.82) is 5.26 Å². The molecule has 3 aromatic rings. The predicted molar refractivity (Wildman–Crippen MR) is 95.9 cm³/mol. The average molecular weight is 311 g/mol. The number of nitrogens with one attached hydrogen (secondary N) is 1. The van der Waals surface area contributed by atoms with Crippen LogP contribution >= 0.6 is 0 Å². The molecule has 2 heterocycles. The monoisotopic (exact) mass is 311 g/mol. The SMILES string of the molecule is N#CC1=CN(Cc2ccccc2)C=CC1c1c[nH]c2ccccc12. The van der Waals surface area contributed by atoms with Crippen LogP contribution in [0.5, 0.6) is 0 Å². The third-order valence-electron chi connectivity index (χ3n) is 4.40. The number of fused-ring (bicyclic) bond motifs is 1. The number of aromatic nitrogens is 1. The number of rotatable bonds is 3. The molecular formula is C21H17N3. The van der Waals surface area contributed by atoms with Crippen molar-refractivity contribution in [2.75, 3.05) is 0 Å². The van der Waals surface area contributed by atoms with Crippen LogP contribution in [0, 0.1) is 11.3 Å². The highest BCUT2D eigenvalue weighted by Gasteiger charge is 2.21. The fourth-order valence-corrected chi connectivity index (χ4v) is 3.22. The zero-order chi connectivity index (χ0) is 16.4. The average Bonchev–Trinajstić information content (AvgIpc) is 3.06. The second kappa shape index (κ2) is 6.10. The van der Waals surface area contributed by atoms with Crippen molar-refractivity contribution in [2.24, 2.45) is 0 Å². The number of allylic oxidation sites excluding steroid dienone is 2. The standard InChI is InChI=1S/C21H17N3/c22-12-17-15-24(14-16-6-2-1-3-7-16)11-10-18(17)20-13-23-21-9-5-4-8-19(20)21/h1-11,13,15,18,23H,14H2. The molecule has 1 aliphatic heterocycles. The van der Waals surface area contributed by atoms with Crippen molar-refractivity contribution < 1.29 is 0 Å². The lowest BCUT2D eigenvalue weighted by Crippen LogP contribution is -2.16. The second-order valence-corrected chi connectivity index (χ2v) is 5.96. The predicted octanol–water partition coefficient (Wildman–Crippen LogP) is 4.69. The zero-order valence-electron chi connectivity index (χ0n) is 13.2. The number of H-pyrrole nitrogens is 1. The molecule has 1 aliphatic rings. The molecule has 116 valence electrons. The summed E-state index contributed by atoms with van der Waals surface area (Å²) in [7, 11) is 0. The molecule has 24 heavy (non-hydrogen) atoms. The third kappa shape index (κ3) is 2.59. The van der Waals surface area contributed by atoms with Crippen LogP contribution in [0.1, 0.15) is 17.0 Å². The van der Waals surface area contributed by atoms with E-state index in [1.165, 1.54) is 10.9 Å². The number of nitriles is 1. The maximum absolute atomic E-state index is 9.63.